The van der Waals surface area contributed by atoms with E-state index in [1.807, 2.05) is 18.2 Å². The number of benzene rings is 1. The van der Waals surface area contributed by atoms with Gasteiger partial charge in [-0.15, -0.1) is 0 Å². The molecular formula is C12H12N2O3. The van der Waals surface area contributed by atoms with Crippen LogP contribution in [0.15, 0.2) is 34.7 Å². The van der Waals surface area contributed by atoms with Crippen molar-refractivity contribution in [1.29, 1.82) is 0 Å². The number of hydrogen-bond acceptors (Lipinski definition) is 4. The minimum atomic E-state index is -0.976. The van der Waals surface area contributed by atoms with Crippen molar-refractivity contribution in [1.82, 2.24) is 0 Å². The highest BCUT2D eigenvalue weighted by Gasteiger charge is 2.18. The van der Waals surface area contributed by atoms with Crippen LogP contribution in [0, 0.1) is 0 Å². The molecule has 0 spiro atoms. The van der Waals surface area contributed by atoms with Crippen LogP contribution in [0.1, 0.15) is 17.0 Å². The van der Waals surface area contributed by atoms with E-state index < -0.39 is 11.9 Å². The van der Waals surface area contributed by atoms with E-state index in [9.17, 15) is 9.59 Å². The Bertz CT molecular complexity index is 541. The highest BCUT2D eigenvalue weighted by molar-refractivity contribution is 6.00. The Kier molecular flexibility index (Phi) is 2.93. The molecule has 1 aromatic heterocycles. The third-order valence-corrected chi connectivity index (χ3v) is 2.47. The fourth-order valence-electron chi connectivity index (χ4n) is 1.52. The van der Waals surface area contributed by atoms with Gasteiger partial charge in [0.05, 0.1) is 6.04 Å². The lowest BCUT2D eigenvalue weighted by Gasteiger charge is -2.03. The fraction of sp³-hybridized carbons (Fsp3) is 0.167. The third-order valence-electron chi connectivity index (χ3n) is 2.47. The summed E-state index contributed by atoms with van der Waals surface area (Å²) < 4.78 is 5.35. The summed E-state index contributed by atoms with van der Waals surface area (Å²) >= 11 is 0. The van der Waals surface area contributed by atoms with E-state index in [2.05, 4.69) is 0 Å². The van der Waals surface area contributed by atoms with E-state index in [0.29, 0.717) is 5.58 Å². The number of carbonyl (C=O) groups is 2. The molecule has 0 aliphatic carbocycles. The second-order valence-corrected chi connectivity index (χ2v) is 3.78. The SMILES string of the molecule is NC(=O)C(N)CC(=O)c1cc2ccccc2o1. The number of primary amides is 1. The lowest BCUT2D eigenvalue weighted by molar-refractivity contribution is -0.119. The predicted molar refractivity (Wildman–Crippen MR) is 62.3 cm³/mol. The summed E-state index contributed by atoms with van der Waals surface area (Å²) in [5.74, 6) is -0.829. The maximum Gasteiger partial charge on any atom is 0.234 e. The molecule has 1 unspecified atom stereocenters. The van der Waals surface area contributed by atoms with Crippen LogP contribution in [-0.2, 0) is 4.79 Å². The van der Waals surface area contributed by atoms with Gasteiger partial charge in [-0.3, -0.25) is 9.59 Å². The highest BCUT2D eigenvalue weighted by atomic mass is 16.3. The monoisotopic (exact) mass is 232 g/mol. The van der Waals surface area contributed by atoms with Crippen LogP contribution in [0.5, 0.6) is 0 Å². The minimum absolute atomic E-state index is 0.144. The van der Waals surface area contributed by atoms with Crippen molar-refractivity contribution in [2.24, 2.45) is 11.5 Å². The first-order valence-corrected chi connectivity index (χ1v) is 5.14. The molecule has 1 aromatic carbocycles. The molecule has 0 fully saturated rings. The van der Waals surface area contributed by atoms with Crippen LogP contribution in [0.3, 0.4) is 0 Å². The highest BCUT2D eigenvalue weighted by Crippen LogP contribution is 2.19. The quantitative estimate of drug-likeness (QED) is 0.762. The van der Waals surface area contributed by atoms with Crippen molar-refractivity contribution < 1.29 is 14.0 Å². The molecule has 0 radical (unpaired) electrons. The standard InChI is InChI=1S/C12H12N2O3/c13-8(12(14)16)6-9(15)11-5-7-3-1-2-4-10(7)17-11/h1-5,8H,6,13H2,(H2,14,16). The average Bonchev–Trinajstić information content (AvgIpc) is 2.72. The largest absolute Gasteiger partial charge is 0.453 e. The van der Waals surface area contributed by atoms with E-state index in [1.54, 1.807) is 12.1 Å². The van der Waals surface area contributed by atoms with Crippen molar-refractivity contribution in [3.05, 3.63) is 36.1 Å². The second-order valence-electron chi connectivity index (χ2n) is 3.78. The van der Waals surface area contributed by atoms with Gasteiger partial charge in [-0.05, 0) is 12.1 Å². The summed E-state index contributed by atoms with van der Waals surface area (Å²) in [5.41, 5.74) is 11.0. The maximum absolute atomic E-state index is 11.7. The summed E-state index contributed by atoms with van der Waals surface area (Å²) in [6, 6.07) is 7.92. The molecule has 0 aliphatic rings. The van der Waals surface area contributed by atoms with Gasteiger partial charge in [0, 0.05) is 11.8 Å². The van der Waals surface area contributed by atoms with E-state index in [0.717, 1.165) is 5.39 Å². The molecule has 0 saturated heterocycles. The van der Waals surface area contributed by atoms with Gasteiger partial charge in [0.2, 0.25) is 5.91 Å². The van der Waals surface area contributed by atoms with Crippen LogP contribution in [0.2, 0.25) is 0 Å². The number of Topliss-reactive ketones (excluding diaryl/α,β-unsaturated/α-hetero) is 1. The molecule has 1 heterocycles. The number of para-hydroxylation sites is 1. The first-order chi connectivity index (χ1) is 8.08. The van der Waals surface area contributed by atoms with Gasteiger partial charge in [0.25, 0.3) is 0 Å². The molecule has 5 heteroatoms. The Labute approximate surface area is 97.4 Å². The van der Waals surface area contributed by atoms with Crippen LogP contribution < -0.4 is 11.5 Å². The lowest BCUT2D eigenvalue weighted by atomic mass is 10.1. The number of ketones is 1. The average molecular weight is 232 g/mol. The summed E-state index contributed by atoms with van der Waals surface area (Å²) in [6.45, 7) is 0. The fourth-order valence-corrected chi connectivity index (χ4v) is 1.52. The number of carbonyl (C=O) groups excluding carboxylic acids is 2. The molecule has 1 amide bonds. The summed E-state index contributed by atoms with van der Waals surface area (Å²) in [7, 11) is 0. The van der Waals surface area contributed by atoms with E-state index >= 15 is 0 Å². The number of hydrogen-bond donors (Lipinski definition) is 2. The van der Waals surface area contributed by atoms with Gasteiger partial charge in [0.15, 0.2) is 11.5 Å². The number of nitrogens with two attached hydrogens (primary N) is 2. The molecule has 2 aromatic rings. The van der Waals surface area contributed by atoms with Gasteiger partial charge >= 0.3 is 0 Å². The second kappa shape index (κ2) is 4.39. The Balaban J connectivity index is 2.22. The third kappa shape index (κ3) is 2.34. The number of fused-ring (bicyclic) bond motifs is 1. The van der Waals surface area contributed by atoms with Crippen molar-refractivity contribution >= 4 is 22.7 Å². The smallest absolute Gasteiger partial charge is 0.234 e. The number of rotatable bonds is 4. The van der Waals surface area contributed by atoms with Crippen LogP contribution in [-0.4, -0.2) is 17.7 Å². The lowest BCUT2D eigenvalue weighted by Crippen LogP contribution is -2.38. The summed E-state index contributed by atoms with van der Waals surface area (Å²) in [5, 5.41) is 0.837. The Morgan fingerprint density at radius 1 is 1.29 bits per heavy atom. The molecule has 5 nitrogen and oxygen atoms in total. The summed E-state index contributed by atoms with van der Waals surface area (Å²) in [6.07, 6.45) is -0.144. The van der Waals surface area contributed by atoms with E-state index in [1.165, 1.54) is 0 Å². The Morgan fingerprint density at radius 2 is 2.00 bits per heavy atom. The Morgan fingerprint density at radius 3 is 2.65 bits per heavy atom. The minimum Gasteiger partial charge on any atom is -0.453 e. The molecule has 17 heavy (non-hydrogen) atoms. The van der Waals surface area contributed by atoms with E-state index in [4.69, 9.17) is 15.9 Å². The van der Waals surface area contributed by atoms with Gasteiger partial charge in [0.1, 0.15) is 5.58 Å². The zero-order chi connectivity index (χ0) is 12.4. The Hall–Kier alpha value is -2.14. The molecule has 88 valence electrons. The van der Waals surface area contributed by atoms with Crippen molar-refractivity contribution in [3.63, 3.8) is 0 Å². The van der Waals surface area contributed by atoms with Crippen molar-refractivity contribution in [2.75, 3.05) is 0 Å². The first-order valence-electron chi connectivity index (χ1n) is 5.14. The van der Waals surface area contributed by atoms with Gasteiger partial charge in [-0.25, -0.2) is 0 Å². The molecule has 1 atom stereocenters. The van der Waals surface area contributed by atoms with Crippen LogP contribution in [0.25, 0.3) is 11.0 Å². The van der Waals surface area contributed by atoms with Gasteiger partial charge < -0.3 is 15.9 Å². The molecular weight excluding hydrogens is 220 g/mol. The van der Waals surface area contributed by atoms with Crippen molar-refractivity contribution in [2.45, 2.75) is 12.5 Å². The van der Waals surface area contributed by atoms with Crippen molar-refractivity contribution in [3.8, 4) is 0 Å². The normalized spacial score (nSPS) is 12.5. The molecule has 0 aliphatic heterocycles. The van der Waals surface area contributed by atoms with Crippen LogP contribution in [0.4, 0.5) is 0 Å². The molecule has 0 saturated carbocycles. The zero-order valence-electron chi connectivity index (χ0n) is 9.05. The van der Waals surface area contributed by atoms with Crippen LogP contribution >= 0.6 is 0 Å². The van der Waals surface area contributed by atoms with Gasteiger partial charge in [-0.1, -0.05) is 18.2 Å². The van der Waals surface area contributed by atoms with E-state index in [-0.39, 0.29) is 18.0 Å². The molecule has 2 rings (SSSR count). The number of amides is 1. The number of furan rings is 1. The first kappa shape index (κ1) is 11.3. The summed E-state index contributed by atoms with van der Waals surface area (Å²) in [4.78, 5) is 22.5. The van der Waals surface area contributed by atoms with Gasteiger partial charge in [-0.2, -0.15) is 0 Å². The maximum atomic E-state index is 11.7. The molecule has 0 bridgehead atoms. The molecule has 4 N–H and O–H groups in total. The zero-order valence-corrected chi connectivity index (χ0v) is 9.05. The predicted octanol–water partition coefficient (Wildman–Crippen LogP) is 0.818. The topological polar surface area (TPSA) is 99.3 Å².